The van der Waals surface area contributed by atoms with Gasteiger partial charge in [-0.15, -0.1) is 0 Å². The number of fused-ring (bicyclic) bond motifs is 1. The second-order valence-electron chi connectivity index (χ2n) is 5.06. The van der Waals surface area contributed by atoms with E-state index in [1.807, 2.05) is 24.3 Å². The normalized spacial score (nSPS) is 12.3. The standard InChI is InChI=1S/C17H18N2O2/c1-12(13-7-4-3-5-8-13)11-18-17-16-14(20-2)9-6-10-15(16)21-19-17/h3-10,12H,11H2,1-2H3,(H,18,19)/t12-/m0/s1. The van der Waals surface area contributed by atoms with Crippen molar-refractivity contribution in [3.63, 3.8) is 0 Å². The molecule has 0 fully saturated rings. The lowest BCUT2D eigenvalue weighted by molar-refractivity contribution is 0.419. The molecule has 0 bridgehead atoms. The van der Waals surface area contributed by atoms with Crippen molar-refractivity contribution < 1.29 is 9.26 Å². The van der Waals surface area contributed by atoms with Gasteiger partial charge in [0.05, 0.1) is 7.11 Å². The number of methoxy groups -OCH3 is 1. The lowest BCUT2D eigenvalue weighted by Gasteiger charge is -2.12. The zero-order valence-electron chi connectivity index (χ0n) is 12.2. The first-order chi connectivity index (χ1) is 10.3. The van der Waals surface area contributed by atoms with Gasteiger partial charge in [-0.2, -0.15) is 0 Å². The smallest absolute Gasteiger partial charge is 0.181 e. The number of hydrogen-bond donors (Lipinski definition) is 1. The van der Waals surface area contributed by atoms with E-state index in [4.69, 9.17) is 9.26 Å². The quantitative estimate of drug-likeness (QED) is 0.767. The fraction of sp³-hybridized carbons (Fsp3) is 0.235. The van der Waals surface area contributed by atoms with Crippen LogP contribution in [0.15, 0.2) is 53.1 Å². The first kappa shape index (κ1) is 13.5. The minimum Gasteiger partial charge on any atom is -0.496 e. The first-order valence-corrected chi connectivity index (χ1v) is 7.01. The second-order valence-corrected chi connectivity index (χ2v) is 5.06. The summed E-state index contributed by atoms with van der Waals surface area (Å²) in [6, 6.07) is 16.1. The largest absolute Gasteiger partial charge is 0.496 e. The van der Waals surface area contributed by atoms with Crippen LogP contribution in [0.5, 0.6) is 5.75 Å². The first-order valence-electron chi connectivity index (χ1n) is 7.01. The molecular formula is C17H18N2O2. The lowest BCUT2D eigenvalue weighted by Crippen LogP contribution is -2.10. The molecule has 3 aromatic rings. The molecule has 0 amide bonds. The van der Waals surface area contributed by atoms with E-state index in [2.05, 4.69) is 41.7 Å². The molecule has 0 saturated carbocycles. The van der Waals surface area contributed by atoms with Gasteiger partial charge >= 0.3 is 0 Å². The number of aromatic nitrogens is 1. The van der Waals surface area contributed by atoms with Crippen molar-refractivity contribution in [3.8, 4) is 5.75 Å². The van der Waals surface area contributed by atoms with Gasteiger partial charge in [-0.25, -0.2) is 0 Å². The molecular weight excluding hydrogens is 264 g/mol. The monoisotopic (exact) mass is 282 g/mol. The average molecular weight is 282 g/mol. The van der Waals surface area contributed by atoms with Gasteiger partial charge in [0.15, 0.2) is 11.4 Å². The predicted octanol–water partition coefficient (Wildman–Crippen LogP) is 4.05. The molecule has 21 heavy (non-hydrogen) atoms. The Hall–Kier alpha value is -2.49. The van der Waals surface area contributed by atoms with Crippen LogP contribution in [-0.4, -0.2) is 18.8 Å². The third-order valence-electron chi connectivity index (χ3n) is 3.62. The molecule has 108 valence electrons. The second kappa shape index (κ2) is 5.87. The Bertz CT molecular complexity index is 722. The van der Waals surface area contributed by atoms with Gasteiger partial charge in [-0.05, 0) is 23.6 Å². The van der Waals surface area contributed by atoms with Crippen LogP contribution >= 0.6 is 0 Å². The van der Waals surface area contributed by atoms with Gasteiger partial charge in [0.1, 0.15) is 11.1 Å². The molecule has 1 heterocycles. The van der Waals surface area contributed by atoms with E-state index in [1.54, 1.807) is 7.11 Å². The molecule has 0 radical (unpaired) electrons. The summed E-state index contributed by atoms with van der Waals surface area (Å²) < 4.78 is 10.7. The van der Waals surface area contributed by atoms with Crippen LogP contribution in [0.4, 0.5) is 5.82 Å². The van der Waals surface area contributed by atoms with E-state index in [0.717, 1.165) is 29.1 Å². The van der Waals surface area contributed by atoms with Crippen LogP contribution in [0, 0.1) is 0 Å². The fourth-order valence-electron chi connectivity index (χ4n) is 2.40. The molecule has 4 heteroatoms. The topological polar surface area (TPSA) is 47.3 Å². The minimum atomic E-state index is 0.382. The molecule has 0 aliphatic carbocycles. The molecule has 1 atom stereocenters. The summed E-state index contributed by atoms with van der Waals surface area (Å²) >= 11 is 0. The SMILES string of the molecule is COc1cccc2onc(NC[C@H](C)c3ccccc3)c12. The van der Waals surface area contributed by atoms with Gasteiger partial charge in [-0.3, -0.25) is 0 Å². The van der Waals surface area contributed by atoms with Crippen molar-refractivity contribution in [1.82, 2.24) is 5.16 Å². The van der Waals surface area contributed by atoms with Crippen LogP contribution in [0.2, 0.25) is 0 Å². The summed E-state index contributed by atoms with van der Waals surface area (Å²) in [7, 11) is 1.65. The van der Waals surface area contributed by atoms with Crippen LogP contribution in [0.25, 0.3) is 11.0 Å². The van der Waals surface area contributed by atoms with Crippen LogP contribution in [0.1, 0.15) is 18.4 Å². The summed E-state index contributed by atoms with van der Waals surface area (Å²) in [5.41, 5.74) is 2.02. The highest BCUT2D eigenvalue weighted by Gasteiger charge is 2.14. The molecule has 0 saturated heterocycles. The highest BCUT2D eigenvalue weighted by Crippen LogP contribution is 2.32. The van der Waals surface area contributed by atoms with Crippen molar-refractivity contribution in [2.24, 2.45) is 0 Å². The summed E-state index contributed by atoms with van der Waals surface area (Å²) in [6.07, 6.45) is 0. The average Bonchev–Trinajstić information content (AvgIpc) is 2.96. The molecule has 0 unspecified atom stereocenters. The van der Waals surface area contributed by atoms with Crippen molar-refractivity contribution in [1.29, 1.82) is 0 Å². The van der Waals surface area contributed by atoms with Crippen LogP contribution in [-0.2, 0) is 0 Å². The Balaban J connectivity index is 1.80. The van der Waals surface area contributed by atoms with Crippen molar-refractivity contribution >= 4 is 16.8 Å². The number of rotatable bonds is 5. The lowest BCUT2D eigenvalue weighted by atomic mass is 10.0. The van der Waals surface area contributed by atoms with Crippen molar-refractivity contribution in [3.05, 3.63) is 54.1 Å². The fourth-order valence-corrected chi connectivity index (χ4v) is 2.40. The third kappa shape index (κ3) is 2.70. The summed E-state index contributed by atoms with van der Waals surface area (Å²) in [4.78, 5) is 0. The van der Waals surface area contributed by atoms with E-state index >= 15 is 0 Å². The van der Waals surface area contributed by atoms with Gasteiger partial charge < -0.3 is 14.6 Å². The molecule has 2 aromatic carbocycles. The van der Waals surface area contributed by atoms with Crippen LogP contribution in [0.3, 0.4) is 0 Å². The zero-order chi connectivity index (χ0) is 14.7. The van der Waals surface area contributed by atoms with E-state index in [9.17, 15) is 0 Å². The number of nitrogens with zero attached hydrogens (tertiary/aromatic N) is 1. The van der Waals surface area contributed by atoms with E-state index in [-0.39, 0.29) is 0 Å². The maximum Gasteiger partial charge on any atom is 0.181 e. The highest BCUT2D eigenvalue weighted by atomic mass is 16.5. The third-order valence-corrected chi connectivity index (χ3v) is 3.62. The number of nitrogens with one attached hydrogen (secondary N) is 1. The molecule has 1 N–H and O–H groups in total. The van der Waals surface area contributed by atoms with Gasteiger partial charge in [0.2, 0.25) is 0 Å². The number of anilines is 1. The molecule has 0 aliphatic heterocycles. The number of ether oxygens (including phenoxy) is 1. The minimum absolute atomic E-state index is 0.382. The van der Waals surface area contributed by atoms with E-state index in [0.29, 0.717) is 5.92 Å². The van der Waals surface area contributed by atoms with Crippen LogP contribution < -0.4 is 10.1 Å². The highest BCUT2D eigenvalue weighted by molar-refractivity contribution is 5.93. The van der Waals surface area contributed by atoms with Gasteiger partial charge in [-0.1, -0.05) is 48.5 Å². The molecule has 4 nitrogen and oxygen atoms in total. The summed E-state index contributed by atoms with van der Waals surface area (Å²) in [5.74, 6) is 1.88. The predicted molar refractivity (Wildman–Crippen MR) is 83.9 cm³/mol. The van der Waals surface area contributed by atoms with E-state index in [1.165, 1.54) is 5.56 Å². The summed E-state index contributed by atoms with van der Waals surface area (Å²) in [5, 5.41) is 8.35. The molecule has 3 rings (SSSR count). The van der Waals surface area contributed by atoms with Crippen molar-refractivity contribution in [2.75, 3.05) is 19.0 Å². The number of benzene rings is 2. The Morgan fingerprint density at radius 3 is 2.71 bits per heavy atom. The van der Waals surface area contributed by atoms with Gasteiger partial charge in [0, 0.05) is 6.54 Å². The Kier molecular flexibility index (Phi) is 3.77. The van der Waals surface area contributed by atoms with Gasteiger partial charge in [0.25, 0.3) is 0 Å². The summed E-state index contributed by atoms with van der Waals surface area (Å²) in [6.45, 7) is 2.96. The van der Waals surface area contributed by atoms with E-state index < -0.39 is 0 Å². The number of hydrogen-bond acceptors (Lipinski definition) is 4. The molecule has 1 aromatic heterocycles. The maximum absolute atomic E-state index is 5.38. The Morgan fingerprint density at radius 2 is 1.95 bits per heavy atom. The molecule has 0 spiro atoms. The zero-order valence-corrected chi connectivity index (χ0v) is 12.2. The Labute approximate surface area is 123 Å². The Morgan fingerprint density at radius 1 is 1.14 bits per heavy atom. The van der Waals surface area contributed by atoms with Crippen molar-refractivity contribution in [2.45, 2.75) is 12.8 Å². The molecule has 0 aliphatic rings. The maximum atomic E-state index is 5.38.